The van der Waals surface area contributed by atoms with Crippen molar-refractivity contribution < 1.29 is 22.6 Å². The predicted molar refractivity (Wildman–Crippen MR) is 82.9 cm³/mol. The van der Waals surface area contributed by atoms with Gasteiger partial charge in [-0.2, -0.15) is 0 Å². The molecule has 1 fully saturated rings. The third-order valence-corrected chi connectivity index (χ3v) is 5.88. The summed E-state index contributed by atoms with van der Waals surface area (Å²) in [5.41, 5.74) is 2.16. The maximum Gasteiger partial charge on any atom is 0.241 e. The molecule has 1 aliphatic heterocycles. The SMILES string of the molecule is COc1cc(C)c(S(=O)(=O)N[C@H]2COC[C@@H]2OC)c(C)c1C. The largest absolute Gasteiger partial charge is 0.496 e. The van der Waals surface area contributed by atoms with Crippen LogP contribution >= 0.6 is 0 Å². The first-order chi connectivity index (χ1) is 10.3. The van der Waals surface area contributed by atoms with Gasteiger partial charge in [0.15, 0.2) is 0 Å². The van der Waals surface area contributed by atoms with E-state index in [-0.39, 0.29) is 12.1 Å². The lowest BCUT2D eigenvalue weighted by Gasteiger charge is -2.21. The molecular weight excluding hydrogens is 306 g/mol. The fraction of sp³-hybridized carbons (Fsp3) is 0.600. The first-order valence-electron chi connectivity index (χ1n) is 7.09. The molecule has 1 saturated heterocycles. The summed E-state index contributed by atoms with van der Waals surface area (Å²) >= 11 is 0. The Bertz CT molecular complexity index is 656. The molecule has 1 aliphatic rings. The lowest BCUT2D eigenvalue weighted by atomic mass is 10.1. The van der Waals surface area contributed by atoms with Gasteiger partial charge in [0, 0.05) is 7.11 Å². The standard InChI is InChI=1S/C15H23NO5S/c1-9-6-13(19-4)10(2)11(3)15(9)22(17,18)16-12-7-21-8-14(12)20-5/h6,12,14,16H,7-8H2,1-5H3/t12-,14-/m0/s1. The van der Waals surface area contributed by atoms with Gasteiger partial charge in [-0.05, 0) is 43.5 Å². The van der Waals surface area contributed by atoms with Crippen LogP contribution in [0.3, 0.4) is 0 Å². The van der Waals surface area contributed by atoms with Crippen LogP contribution in [0.1, 0.15) is 16.7 Å². The monoisotopic (exact) mass is 329 g/mol. The van der Waals surface area contributed by atoms with Crippen LogP contribution in [0, 0.1) is 20.8 Å². The molecule has 0 saturated carbocycles. The fourth-order valence-electron chi connectivity index (χ4n) is 2.78. The number of benzene rings is 1. The van der Waals surface area contributed by atoms with Gasteiger partial charge in [0.25, 0.3) is 0 Å². The number of rotatable bonds is 5. The molecule has 2 rings (SSSR count). The molecule has 0 aromatic heterocycles. The molecule has 0 radical (unpaired) electrons. The van der Waals surface area contributed by atoms with Gasteiger partial charge in [0.1, 0.15) is 5.75 Å². The van der Waals surface area contributed by atoms with E-state index in [0.29, 0.717) is 35.0 Å². The van der Waals surface area contributed by atoms with Crippen molar-refractivity contribution >= 4 is 10.0 Å². The molecule has 0 aliphatic carbocycles. The first kappa shape index (κ1) is 17.2. The zero-order valence-corrected chi connectivity index (χ0v) is 14.4. The van der Waals surface area contributed by atoms with Crippen LogP contribution in [-0.2, 0) is 19.5 Å². The van der Waals surface area contributed by atoms with Crippen molar-refractivity contribution in [3.05, 3.63) is 22.8 Å². The van der Waals surface area contributed by atoms with E-state index in [1.54, 1.807) is 34.1 Å². The Kier molecular flexibility index (Phi) is 5.11. The van der Waals surface area contributed by atoms with Crippen molar-refractivity contribution in [3.63, 3.8) is 0 Å². The minimum absolute atomic E-state index is 0.269. The molecule has 6 nitrogen and oxygen atoms in total. The van der Waals surface area contributed by atoms with Crippen LogP contribution in [0.5, 0.6) is 5.75 Å². The summed E-state index contributed by atoms with van der Waals surface area (Å²) in [5.74, 6) is 0.688. The zero-order valence-electron chi connectivity index (χ0n) is 13.6. The number of hydrogen-bond donors (Lipinski definition) is 1. The summed E-state index contributed by atoms with van der Waals surface area (Å²) < 4.78 is 44.1. The predicted octanol–water partition coefficient (Wildman–Crippen LogP) is 1.31. The van der Waals surface area contributed by atoms with E-state index < -0.39 is 10.0 Å². The molecule has 1 aromatic carbocycles. The number of aryl methyl sites for hydroxylation is 1. The zero-order chi connectivity index (χ0) is 16.5. The fourth-order valence-corrected chi connectivity index (χ4v) is 4.56. The van der Waals surface area contributed by atoms with Crippen molar-refractivity contribution in [2.24, 2.45) is 0 Å². The average Bonchev–Trinajstić information content (AvgIpc) is 2.88. The third kappa shape index (κ3) is 3.12. The highest BCUT2D eigenvalue weighted by Crippen LogP contribution is 2.30. The first-order valence-corrected chi connectivity index (χ1v) is 8.57. The Morgan fingerprint density at radius 2 is 1.86 bits per heavy atom. The Morgan fingerprint density at radius 1 is 1.18 bits per heavy atom. The molecule has 1 N–H and O–H groups in total. The van der Waals surface area contributed by atoms with E-state index in [9.17, 15) is 8.42 Å². The second-order valence-electron chi connectivity index (χ2n) is 5.51. The van der Waals surface area contributed by atoms with Crippen LogP contribution in [-0.4, -0.2) is 48.0 Å². The van der Waals surface area contributed by atoms with E-state index in [2.05, 4.69) is 4.72 Å². The summed E-state index contributed by atoms with van der Waals surface area (Å²) in [7, 11) is -0.535. The lowest BCUT2D eigenvalue weighted by molar-refractivity contribution is 0.0761. The maximum atomic E-state index is 12.8. The second kappa shape index (κ2) is 6.54. The molecule has 7 heteroatoms. The number of methoxy groups -OCH3 is 2. The van der Waals surface area contributed by atoms with Gasteiger partial charge in [0.2, 0.25) is 10.0 Å². The Balaban J connectivity index is 2.40. The van der Waals surface area contributed by atoms with Crippen molar-refractivity contribution in [3.8, 4) is 5.75 Å². The van der Waals surface area contributed by atoms with Crippen molar-refractivity contribution in [2.45, 2.75) is 37.8 Å². The maximum absolute atomic E-state index is 12.8. The van der Waals surface area contributed by atoms with Crippen molar-refractivity contribution in [1.82, 2.24) is 4.72 Å². The van der Waals surface area contributed by atoms with Crippen molar-refractivity contribution in [1.29, 1.82) is 0 Å². The smallest absolute Gasteiger partial charge is 0.241 e. The number of hydrogen-bond acceptors (Lipinski definition) is 5. The summed E-state index contributed by atoms with van der Waals surface area (Å²) in [6.07, 6.45) is -0.269. The van der Waals surface area contributed by atoms with Crippen LogP contribution in [0.4, 0.5) is 0 Å². The average molecular weight is 329 g/mol. The highest BCUT2D eigenvalue weighted by molar-refractivity contribution is 7.89. The Labute approximate surface area is 131 Å². The van der Waals surface area contributed by atoms with Crippen LogP contribution in [0.25, 0.3) is 0 Å². The Morgan fingerprint density at radius 3 is 2.45 bits per heavy atom. The molecule has 22 heavy (non-hydrogen) atoms. The molecule has 1 aromatic rings. The Hall–Kier alpha value is -1.15. The topological polar surface area (TPSA) is 73.9 Å². The minimum atomic E-state index is -3.66. The van der Waals surface area contributed by atoms with Crippen molar-refractivity contribution in [2.75, 3.05) is 27.4 Å². The molecule has 0 amide bonds. The molecule has 2 atom stereocenters. The van der Waals surface area contributed by atoms with Gasteiger partial charge in [-0.3, -0.25) is 0 Å². The molecule has 124 valence electrons. The van der Waals surface area contributed by atoms with Gasteiger partial charge in [-0.1, -0.05) is 0 Å². The van der Waals surface area contributed by atoms with Crippen LogP contribution in [0.15, 0.2) is 11.0 Å². The number of sulfonamides is 1. The summed E-state index contributed by atoms with van der Waals surface area (Å²) in [6, 6.07) is 1.37. The van der Waals surface area contributed by atoms with E-state index in [0.717, 1.165) is 5.56 Å². The summed E-state index contributed by atoms with van der Waals surface area (Å²) in [4.78, 5) is 0.299. The summed E-state index contributed by atoms with van der Waals surface area (Å²) in [5, 5.41) is 0. The molecule has 0 unspecified atom stereocenters. The lowest BCUT2D eigenvalue weighted by Crippen LogP contribution is -2.43. The van der Waals surface area contributed by atoms with Gasteiger partial charge in [0.05, 0.1) is 37.4 Å². The van der Waals surface area contributed by atoms with Gasteiger partial charge >= 0.3 is 0 Å². The minimum Gasteiger partial charge on any atom is -0.496 e. The molecule has 0 spiro atoms. The quantitative estimate of drug-likeness (QED) is 0.882. The van der Waals surface area contributed by atoms with Crippen LogP contribution in [0.2, 0.25) is 0 Å². The van der Waals surface area contributed by atoms with E-state index >= 15 is 0 Å². The second-order valence-corrected chi connectivity index (χ2v) is 7.17. The van der Waals surface area contributed by atoms with Gasteiger partial charge in [-0.15, -0.1) is 0 Å². The molecular formula is C15H23NO5S. The number of ether oxygens (including phenoxy) is 3. The highest BCUT2D eigenvalue weighted by atomic mass is 32.2. The summed E-state index contributed by atoms with van der Waals surface area (Å²) in [6.45, 7) is 6.11. The van der Waals surface area contributed by atoms with E-state index in [4.69, 9.17) is 14.2 Å². The highest BCUT2D eigenvalue weighted by Gasteiger charge is 2.33. The van der Waals surface area contributed by atoms with Crippen LogP contribution < -0.4 is 9.46 Å². The number of nitrogens with one attached hydrogen (secondary N) is 1. The van der Waals surface area contributed by atoms with E-state index in [1.165, 1.54) is 0 Å². The third-order valence-electron chi connectivity index (χ3n) is 4.10. The molecule has 1 heterocycles. The van der Waals surface area contributed by atoms with E-state index in [1.807, 2.05) is 6.92 Å². The van der Waals surface area contributed by atoms with Gasteiger partial charge in [-0.25, -0.2) is 13.1 Å². The molecule has 0 bridgehead atoms. The normalized spacial score (nSPS) is 22.0. The van der Waals surface area contributed by atoms with Gasteiger partial charge < -0.3 is 14.2 Å².